The molecule has 0 bridgehead atoms. The summed E-state index contributed by atoms with van der Waals surface area (Å²) in [6.07, 6.45) is 1.52. The molecule has 5 nitrogen and oxygen atoms in total. The summed E-state index contributed by atoms with van der Waals surface area (Å²) in [7, 11) is -3.01. The average Bonchev–Trinajstić information content (AvgIpc) is 2.70. The van der Waals surface area contributed by atoms with E-state index in [1.54, 1.807) is 6.07 Å². The van der Waals surface area contributed by atoms with E-state index < -0.39 is 15.9 Å². The van der Waals surface area contributed by atoms with Crippen LogP contribution in [0.25, 0.3) is 11.0 Å². The molecule has 0 aliphatic rings. The van der Waals surface area contributed by atoms with Crippen LogP contribution in [0.15, 0.2) is 18.2 Å². The normalized spacial score (nSPS) is 13.9. The number of hydrogen-bond acceptors (Lipinski definition) is 4. The quantitative estimate of drug-likeness (QED) is 0.895. The summed E-state index contributed by atoms with van der Waals surface area (Å²) in [4.78, 5) is 7.36. The minimum Gasteiger partial charge on any atom is -0.341 e. The highest BCUT2D eigenvalue weighted by Crippen LogP contribution is 2.23. The third-order valence-electron chi connectivity index (χ3n) is 2.63. The molecule has 0 saturated carbocycles. The predicted octanol–water partition coefficient (Wildman–Crippen LogP) is 1.65. The van der Waals surface area contributed by atoms with Crippen molar-refractivity contribution in [1.82, 2.24) is 9.97 Å². The van der Waals surface area contributed by atoms with Gasteiger partial charge in [0.05, 0.1) is 22.3 Å². The lowest BCUT2D eigenvalue weighted by molar-refractivity contribution is 0.588. The lowest BCUT2D eigenvalue weighted by Crippen LogP contribution is -2.16. The first kappa shape index (κ1) is 13.3. The van der Waals surface area contributed by atoms with E-state index >= 15 is 0 Å². The summed E-state index contributed by atoms with van der Waals surface area (Å²) >= 11 is 6.01. The van der Waals surface area contributed by atoms with Crippen molar-refractivity contribution in [3.8, 4) is 0 Å². The molecule has 0 radical (unpaired) electrons. The zero-order valence-corrected chi connectivity index (χ0v) is 11.4. The number of H-pyrrole nitrogens is 1. The molecule has 1 aromatic carbocycles. The molecule has 0 aliphatic carbocycles. The van der Waals surface area contributed by atoms with E-state index in [1.807, 2.05) is 12.1 Å². The Hall–Kier alpha value is -1.11. The van der Waals surface area contributed by atoms with Gasteiger partial charge in [0.25, 0.3) is 0 Å². The van der Waals surface area contributed by atoms with Crippen molar-refractivity contribution in [2.75, 3.05) is 12.0 Å². The van der Waals surface area contributed by atoms with Gasteiger partial charge in [0.1, 0.15) is 21.2 Å². The molecule has 1 unspecified atom stereocenters. The second-order valence-electron chi connectivity index (χ2n) is 4.28. The Kier molecular flexibility index (Phi) is 3.61. The molecule has 0 spiro atoms. The van der Waals surface area contributed by atoms with Crippen LogP contribution in [0.3, 0.4) is 0 Å². The second-order valence-corrected chi connectivity index (χ2v) is 6.95. The van der Waals surface area contributed by atoms with Crippen molar-refractivity contribution in [3.63, 3.8) is 0 Å². The Morgan fingerprint density at radius 1 is 1.50 bits per heavy atom. The zero-order valence-electron chi connectivity index (χ0n) is 9.85. The molecule has 2 aromatic rings. The number of sulfone groups is 1. The summed E-state index contributed by atoms with van der Waals surface area (Å²) in [6, 6.07) is 4.97. The number of imidazole rings is 1. The summed E-state index contributed by atoms with van der Waals surface area (Å²) in [5, 5.41) is 0.547. The van der Waals surface area contributed by atoms with Gasteiger partial charge >= 0.3 is 0 Å². The molecule has 18 heavy (non-hydrogen) atoms. The Morgan fingerprint density at radius 3 is 2.83 bits per heavy atom. The second kappa shape index (κ2) is 4.87. The molecule has 0 saturated heterocycles. The van der Waals surface area contributed by atoms with Crippen LogP contribution in [0.5, 0.6) is 0 Å². The van der Waals surface area contributed by atoms with Gasteiger partial charge < -0.3 is 10.7 Å². The number of aromatic amines is 1. The van der Waals surface area contributed by atoms with Gasteiger partial charge in [-0.1, -0.05) is 17.7 Å². The van der Waals surface area contributed by atoms with E-state index in [1.165, 1.54) is 6.26 Å². The fraction of sp³-hybridized carbons (Fsp3) is 0.364. The number of fused-ring (bicyclic) bond motifs is 1. The van der Waals surface area contributed by atoms with Gasteiger partial charge in [0.15, 0.2) is 0 Å². The number of para-hydroxylation sites is 1. The van der Waals surface area contributed by atoms with Crippen molar-refractivity contribution >= 4 is 32.5 Å². The Morgan fingerprint density at radius 2 is 2.22 bits per heavy atom. The highest BCUT2D eigenvalue weighted by molar-refractivity contribution is 7.90. The standard InChI is InChI=1S/C11H14ClN3O2S/c1-18(16,17)6-5-8(13)11-14-9-4-2-3-7(12)10(9)15-11/h2-4,8H,5-6,13H2,1H3,(H,14,15). The van der Waals surface area contributed by atoms with Crippen molar-refractivity contribution in [2.24, 2.45) is 5.73 Å². The van der Waals surface area contributed by atoms with Crippen LogP contribution in [0.4, 0.5) is 0 Å². The van der Waals surface area contributed by atoms with Crippen molar-refractivity contribution in [1.29, 1.82) is 0 Å². The van der Waals surface area contributed by atoms with E-state index in [2.05, 4.69) is 9.97 Å². The number of nitrogens with one attached hydrogen (secondary N) is 1. The zero-order chi connectivity index (χ0) is 13.3. The third-order valence-corrected chi connectivity index (χ3v) is 3.91. The summed E-state index contributed by atoms with van der Waals surface area (Å²) < 4.78 is 22.2. The number of rotatable bonds is 4. The molecule has 0 fully saturated rings. The van der Waals surface area contributed by atoms with Crippen LogP contribution in [0.2, 0.25) is 5.02 Å². The largest absolute Gasteiger partial charge is 0.341 e. The number of benzene rings is 1. The molecule has 1 heterocycles. The van der Waals surface area contributed by atoms with Gasteiger partial charge in [0, 0.05) is 6.26 Å². The fourth-order valence-corrected chi connectivity index (χ4v) is 2.57. The van der Waals surface area contributed by atoms with Gasteiger partial charge in [-0.3, -0.25) is 0 Å². The fourth-order valence-electron chi connectivity index (χ4n) is 1.67. The molecule has 98 valence electrons. The monoisotopic (exact) mass is 287 g/mol. The average molecular weight is 288 g/mol. The number of aromatic nitrogens is 2. The van der Waals surface area contributed by atoms with Gasteiger partial charge in [0.2, 0.25) is 0 Å². The van der Waals surface area contributed by atoms with Crippen molar-refractivity contribution in [2.45, 2.75) is 12.5 Å². The Labute approximate surface area is 110 Å². The molecule has 0 aliphatic heterocycles. The van der Waals surface area contributed by atoms with Crippen LogP contribution < -0.4 is 5.73 Å². The highest BCUT2D eigenvalue weighted by atomic mass is 35.5. The predicted molar refractivity (Wildman–Crippen MR) is 72.4 cm³/mol. The lowest BCUT2D eigenvalue weighted by Gasteiger charge is -2.06. The van der Waals surface area contributed by atoms with Gasteiger partial charge in [-0.15, -0.1) is 0 Å². The maximum absolute atomic E-state index is 11.1. The smallest absolute Gasteiger partial charge is 0.147 e. The molecule has 1 atom stereocenters. The van der Waals surface area contributed by atoms with Gasteiger partial charge in [-0.2, -0.15) is 0 Å². The van der Waals surface area contributed by atoms with E-state index in [0.717, 1.165) is 5.52 Å². The molecule has 0 amide bonds. The maximum atomic E-state index is 11.1. The third kappa shape index (κ3) is 3.01. The minimum atomic E-state index is -3.01. The van der Waals surface area contributed by atoms with Crippen LogP contribution >= 0.6 is 11.6 Å². The number of hydrogen-bond donors (Lipinski definition) is 2. The molecular weight excluding hydrogens is 274 g/mol. The van der Waals surface area contributed by atoms with Crippen molar-refractivity contribution in [3.05, 3.63) is 29.0 Å². The lowest BCUT2D eigenvalue weighted by atomic mass is 10.2. The van der Waals surface area contributed by atoms with Crippen molar-refractivity contribution < 1.29 is 8.42 Å². The molecule has 1 aromatic heterocycles. The first-order chi connectivity index (χ1) is 8.37. The van der Waals surface area contributed by atoms with E-state index in [9.17, 15) is 8.42 Å². The van der Waals surface area contributed by atoms with E-state index in [4.69, 9.17) is 17.3 Å². The topological polar surface area (TPSA) is 88.8 Å². The Balaban J connectivity index is 2.23. The summed E-state index contributed by atoms with van der Waals surface area (Å²) in [6.45, 7) is 0. The van der Waals surface area contributed by atoms with Crippen LogP contribution in [0, 0.1) is 0 Å². The van der Waals surface area contributed by atoms with Crippen LogP contribution in [-0.4, -0.2) is 30.4 Å². The van der Waals surface area contributed by atoms with Gasteiger partial charge in [-0.05, 0) is 18.6 Å². The highest BCUT2D eigenvalue weighted by Gasteiger charge is 2.14. The minimum absolute atomic E-state index is 0.0406. The SMILES string of the molecule is CS(=O)(=O)CCC(N)c1nc2c(Cl)cccc2[nH]1. The summed E-state index contributed by atoms with van der Waals surface area (Å²) in [5.41, 5.74) is 7.37. The van der Waals surface area contributed by atoms with Crippen LogP contribution in [0.1, 0.15) is 18.3 Å². The molecule has 2 rings (SSSR count). The number of nitrogens with two attached hydrogens (primary N) is 1. The van der Waals surface area contributed by atoms with Gasteiger partial charge in [-0.25, -0.2) is 13.4 Å². The number of nitrogens with zero attached hydrogens (tertiary/aromatic N) is 1. The van der Waals surface area contributed by atoms with Crippen LogP contribution in [-0.2, 0) is 9.84 Å². The van der Waals surface area contributed by atoms with E-state index in [0.29, 0.717) is 22.8 Å². The number of halogens is 1. The first-order valence-corrected chi connectivity index (χ1v) is 7.88. The molecular formula is C11H14ClN3O2S. The molecule has 7 heteroatoms. The maximum Gasteiger partial charge on any atom is 0.147 e. The first-order valence-electron chi connectivity index (χ1n) is 5.44. The van der Waals surface area contributed by atoms with E-state index in [-0.39, 0.29) is 5.75 Å². The molecule has 3 N–H and O–H groups in total. The summed E-state index contributed by atoms with van der Waals surface area (Å²) in [5.74, 6) is 0.598. The Bertz CT molecular complexity index is 666.